The molecule has 3 rings (SSSR count). The fraction of sp³-hybridized carbons (Fsp3) is 0.200. The van der Waals surface area contributed by atoms with E-state index in [1.807, 2.05) is 6.92 Å². The first-order valence-electron chi connectivity index (χ1n) is 8.11. The maximum atomic E-state index is 14.3. The molecule has 0 fully saturated rings. The second-order valence-electron chi connectivity index (χ2n) is 5.81. The van der Waals surface area contributed by atoms with Crippen molar-refractivity contribution in [3.8, 4) is 16.9 Å². The number of H-pyrrole nitrogens is 1. The number of ketones is 1. The molecule has 128 valence electrons. The highest BCUT2D eigenvalue weighted by Crippen LogP contribution is 2.26. The first-order chi connectivity index (χ1) is 12.0. The van der Waals surface area contributed by atoms with E-state index in [0.717, 1.165) is 6.42 Å². The monoisotopic (exact) mass is 339 g/mol. The molecule has 0 amide bonds. The zero-order valence-corrected chi connectivity index (χ0v) is 14.1. The highest BCUT2D eigenvalue weighted by molar-refractivity contribution is 5.94. The fourth-order valence-electron chi connectivity index (χ4n) is 2.70. The van der Waals surface area contributed by atoms with Crippen molar-refractivity contribution in [3.63, 3.8) is 0 Å². The summed E-state index contributed by atoms with van der Waals surface area (Å²) in [6.07, 6.45) is 2.36. The van der Waals surface area contributed by atoms with Crippen LogP contribution < -0.4 is 10.2 Å². The van der Waals surface area contributed by atoms with E-state index < -0.39 is 11.2 Å². The van der Waals surface area contributed by atoms with Gasteiger partial charge in [-0.25, -0.2) is 4.39 Å². The molecule has 0 unspecified atom stereocenters. The summed E-state index contributed by atoms with van der Waals surface area (Å²) >= 11 is 0. The van der Waals surface area contributed by atoms with Crippen molar-refractivity contribution in [1.29, 1.82) is 0 Å². The van der Waals surface area contributed by atoms with Gasteiger partial charge < -0.3 is 9.72 Å². The largest absolute Gasteiger partial charge is 0.491 e. The highest BCUT2D eigenvalue weighted by atomic mass is 19.1. The molecule has 0 saturated carbocycles. The molecule has 0 spiro atoms. The Kier molecular flexibility index (Phi) is 4.65. The van der Waals surface area contributed by atoms with Crippen molar-refractivity contribution in [1.82, 2.24) is 4.98 Å². The van der Waals surface area contributed by atoms with Crippen LogP contribution in [0.25, 0.3) is 22.0 Å². The van der Waals surface area contributed by atoms with Crippen molar-refractivity contribution >= 4 is 16.7 Å². The summed E-state index contributed by atoms with van der Waals surface area (Å²) in [4.78, 5) is 27.2. The molecule has 0 aliphatic carbocycles. The van der Waals surface area contributed by atoms with Crippen LogP contribution in [0, 0.1) is 5.82 Å². The zero-order valence-electron chi connectivity index (χ0n) is 14.1. The smallest absolute Gasteiger partial charge is 0.200 e. The Morgan fingerprint density at radius 3 is 2.52 bits per heavy atom. The number of hydrogen-bond acceptors (Lipinski definition) is 3. The van der Waals surface area contributed by atoms with Gasteiger partial charge in [0, 0.05) is 17.3 Å². The van der Waals surface area contributed by atoms with E-state index in [4.69, 9.17) is 4.74 Å². The van der Waals surface area contributed by atoms with E-state index in [0.29, 0.717) is 34.6 Å². The number of benzene rings is 2. The predicted molar refractivity (Wildman–Crippen MR) is 95.8 cm³/mol. The van der Waals surface area contributed by atoms with Crippen LogP contribution in [0.3, 0.4) is 0 Å². The van der Waals surface area contributed by atoms with Crippen molar-refractivity contribution in [3.05, 3.63) is 64.2 Å². The number of carbonyl (C=O) groups is 1. The van der Waals surface area contributed by atoms with Crippen LogP contribution in [0.1, 0.15) is 30.6 Å². The Labute approximate surface area is 144 Å². The summed E-state index contributed by atoms with van der Waals surface area (Å²) in [5, 5.41) is -0.0262. The molecule has 5 heteroatoms. The van der Waals surface area contributed by atoms with Gasteiger partial charge in [0.05, 0.1) is 17.5 Å². The number of ether oxygens (including phenoxy) is 1. The Morgan fingerprint density at radius 2 is 1.88 bits per heavy atom. The Balaban J connectivity index is 2.15. The lowest BCUT2D eigenvalue weighted by Gasteiger charge is -2.10. The first-order valence-corrected chi connectivity index (χ1v) is 8.11. The molecule has 0 bridgehead atoms. The average Bonchev–Trinajstić information content (AvgIpc) is 2.61. The first kappa shape index (κ1) is 16.9. The lowest BCUT2D eigenvalue weighted by Crippen LogP contribution is -2.10. The molecule has 0 atom stereocenters. The summed E-state index contributed by atoms with van der Waals surface area (Å²) in [6.45, 7) is 3.93. The topological polar surface area (TPSA) is 59.2 Å². The van der Waals surface area contributed by atoms with Crippen LogP contribution in [0.5, 0.6) is 5.75 Å². The van der Waals surface area contributed by atoms with Crippen LogP contribution in [-0.2, 0) is 0 Å². The number of fused-ring (bicyclic) bond motifs is 1. The van der Waals surface area contributed by atoms with E-state index >= 15 is 0 Å². The van der Waals surface area contributed by atoms with Crippen molar-refractivity contribution in [2.24, 2.45) is 0 Å². The van der Waals surface area contributed by atoms with E-state index in [1.54, 1.807) is 30.5 Å². The number of Topliss-reactive ketones (excluding diaryl/α,β-unsaturated/α-hetero) is 1. The molecule has 2 aromatic carbocycles. The highest BCUT2D eigenvalue weighted by Gasteiger charge is 2.15. The SMILES string of the molecule is CCCOc1ccc(F)c2c(=O)c(-c3ccc(C(C)=O)cc3)c[nH]c12. The Bertz CT molecular complexity index is 990. The van der Waals surface area contributed by atoms with E-state index in [-0.39, 0.29) is 11.2 Å². The number of hydrogen-bond donors (Lipinski definition) is 1. The second-order valence-corrected chi connectivity index (χ2v) is 5.81. The number of pyridine rings is 1. The van der Waals surface area contributed by atoms with Crippen LogP contribution in [0.2, 0.25) is 0 Å². The predicted octanol–water partition coefficient (Wildman–Crippen LogP) is 4.33. The van der Waals surface area contributed by atoms with Gasteiger partial charge in [-0.05, 0) is 31.0 Å². The third-order valence-electron chi connectivity index (χ3n) is 4.01. The number of rotatable bonds is 5. The number of carbonyl (C=O) groups excluding carboxylic acids is 1. The number of aromatic nitrogens is 1. The summed E-state index contributed by atoms with van der Waals surface area (Å²) in [5.41, 5.74) is 1.45. The van der Waals surface area contributed by atoms with Crippen molar-refractivity contribution in [2.45, 2.75) is 20.3 Å². The normalized spacial score (nSPS) is 10.8. The number of aromatic amines is 1. The molecule has 3 aromatic rings. The maximum Gasteiger partial charge on any atom is 0.200 e. The van der Waals surface area contributed by atoms with Gasteiger partial charge in [0.1, 0.15) is 11.6 Å². The summed E-state index contributed by atoms with van der Waals surface area (Å²) in [7, 11) is 0. The molecule has 0 radical (unpaired) electrons. The molecule has 1 heterocycles. The lowest BCUT2D eigenvalue weighted by molar-refractivity contribution is 0.101. The summed E-state index contributed by atoms with van der Waals surface area (Å²) in [6, 6.07) is 9.43. The summed E-state index contributed by atoms with van der Waals surface area (Å²) < 4.78 is 19.9. The standard InChI is InChI=1S/C20H18FNO3/c1-3-10-25-17-9-8-16(21)18-19(17)22-11-15(20(18)24)14-6-4-13(5-7-14)12(2)23/h4-9,11H,3,10H2,1-2H3,(H,22,24). The minimum absolute atomic E-state index is 0.0262. The van der Waals surface area contributed by atoms with Gasteiger partial charge in [-0.3, -0.25) is 9.59 Å². The minimum atomic E-state index is -0.595. The molecule has 4 nitrogen and oxygen atoms in total. The van der Waals surface area contributed by atoms with Gasteiger partial charge >= 0.3 is 0 Å². The second kappa shape index (κ2) is 6.89. The van der Waals surface area contributed by atoms with Gasteiger partial charge in [-0.1, -0.05) is 31.2 Å². The summed E-state index contributed by atoms with van der Waals surface area (Å²) in [5.74, 6) is -0.195. The molecule has 1 aromatic heterocycles. The van der Waals surface area contributed by atoms with Gasteiger partial charge in [0.25, 0.3) is 0 Å². The van der Waals surface area contributed by atoms with Gasteiger partial charge in [-0.15, -0.1) is 0 Å². The van der Waals surface area contributed by atoms with Crippen molar-refractivity contribution < 1.29 is 13.9 Å². The molecule has 0 aliphatic rings. The molecular weight excluding hydrogens is 321 g/mol. The zero-order chi connectivity index (χ0) is 18.0. The number of halogens is 1. The lowest BCUT2D eigenvalue weighted by atomic mass is 10.0. The maximum absolute atomic E-state index is 14.3. The fourth-order valence-corrected chi connectivity index (χ4v) is 2.70. The Morgan fingerprint density at radius 1 is 1.16 bits per heavy atom. The average molecular weight is 339 g/mol. The molecule has 0 saturated heterocycles. The third kappa shape index (κ3) is 3.18. The molecule has 25 heavy (non-hydrogen) atoms. The van der Waals surface area contributed by atoms with Crippen LogP contribution >= 0.6 is 0 Å². The molecule has 0 aliphatic heterocycles. The van der Waals surface area contributed by atoms with Gasteiger partial charge in [0.2, 0.25) is 0 Å². The molecule has 1 N–H and O–H groups in total. The van der Waals surface area contributed by atoms with Crippen molar-refractivity contribution in [2.75, 3.05) is 6.61 Å². The van der Waals surface area contributed by atoms with E-state index in [9.17, 15) is 14.0 Å². The van der Waals surface area contributed by atoms with Gasteiger partial charge in [0.15, 0.2) is 11.2 Å². The number of nitrogens with one attached hydrogen (secondary N) is 1. The van der Waals surface area contributed by atoms with Crippen LogP contribution in [0.4, 0.5) is 4.39 Å². The van der Waals surface area contributed by atoms with Gasteiger partial charge in [-0.2, -0.15) is 0 Å². The Hall–Kier alpha value is -2.95. The third-order valence-corrected chi connectivity index (χ3v) is 4.01. The van der Waals surface area contributed by atoms with E-state index in [2.05, 4.69) is 4.98 Å². The van der Waals surface area contributed by atoms with Crippen LogP contribution in [0.15, 0.2) is 47.4 Å². The quantitative estimate of drug-likeness (QED) is 0.704. The van der Waals surface area contributed by atoms with E-state index in [1.165, 1.54) is 19.1 Å². The van der Waals surface area contributed by atoms with Crippen LogP contribution in [-0.4, -0.2) is 17.4 Å². The molecular formula is C20H18FNO3. The minimum Gasteiger partial charge on any atom is -0.491 e.